The van der Waals surface area contributed by atoms with Gasteiger partial charge in [-0.3, -0.25) is 4.79 Å². The Morgan fingerprint density at radius 1 is 1.21 bits per heavy atom. The van der Waals surface area contributed by atoms with Crippen LogP contribution in [0.4, 0.5) is 0 Å². The number of amides is 1. The lowest BCUT2D eigenvalue weighted by Gasteiger charge is -2.46. The third-order valence-corrected chi connectivity index (χ3v) is 4.89. The molecule has 2 aromatic rings. The Kier molecular flexibility index (Phi) is 4.20. The quantitative estimate of drug-likeness (QED) is 0.910. The molecule has 0 radical (unpaired) electrons. The fourth-order valence-corrected chi connectivity index (χ4v) is 4.44. The van der Waals surface area contributed by atoms with Crippen LogP contribution in [0.1, 0.15) is 46.1 Å². The van der Waals surface area contributed by atoms with Crippen molar-refractivity contribution in [2.45, 2.75) is 64.1 Å². The number of fused-ring (bicyclic) bond motifs is 1. The molecule has 0 aliphatic carbocycles. The molecular weight excluding hydrogens is 298 g/mol. The highest BCUT2D eigenvalue weighted by Gasteiger charge is 2.38. The van der Waals surface area contributed by atoms with Crippen LogP contribution in [-0.2, 0) is 18.3 Å². The Labute approximate surface area is 144 Å². The van der Waals surface area contributed by atoms with Crippen molar-refractivity contribution in [3.8, 4) is 0 Å². The van der Waals surface area contributed by atoms with Gasteiger partial charge in [-0.1, -0.05) is 18.2 Å². The molecule has 2 heterocycles. The van der Waals surface area contributed by atoms with E-state index in [4.69, 9.17) is 0 Å². The van der Waals surface area contributed by atoms with Crippen molar-refractivity contribution in [2.24, 2.45) is 7.05 Å². The van der Waals surface area contributed by atoms with Crippen molar-refractivity contribution >= 4 is 16.8 Å². The van der Waals surface area contributed by atoms with Crippen LogP contribution in [0, 0.1) is 0 Å². The molecule has 24 heavy (non-hydrogen) atoms. The average molecular weight is 327 g/mol. The predicted molar refractivity (Wildman–Crippen MR) is 99.1 cm³/mol. The van der Waals surface area contributed by atoms with Gasteiger partial charge in [-0.2, -0.15) is 0 Å². The maximum absolute atomic E-state index is 12.6. The number of benzene rings is 1. The lowest BCUT2D eigenvalue weighted by Crippen LogP contribution is -2.62. The van der Waals surface area contributed by atoms with Gasteiger partial charge in [-0.05, 0) is 52.2 Å². The smallest absolute Gasteiger partial charge is 0.224 e. The highest BCUT2D eigenvalue weighted by atomic mass is 16.1. The highest BCUT2D eigenvalue weighted by Crippen LogP contribution is 2.28. The molecule has 1 amide bonds. The zero-order valence-corrected chi connectivity index (χ0v) is 15.4. The SMILES string of the molecule is Cn1cc(CC(=O)NC2CC(C)(C)NC(C)(C)C2)c2ccccc21. The van der Waals surface area contributed by atoms with E-state index in [9.17, 15) is 4.79 Å². The van der Waals surface area contributed by atoms with Gasteiger partial charge in [0.15, 0.2) is 0 Å². The standard InChI is InChI=1S/C20H29N3O/c1-19(2)11-15(12-20(3,4)22-19)21-18(24)10-14-13-23(5)17-9-7-6-8-16(14)17/h6-9,13,15,22H,10-12H2,1-5H3,(H,21,24). The topological polar surface area (TPSA) is 46.1 Å². The summed E-state index contributed by atoms with van der Waals surface area (Å²) in [5.41, 5.74) is 2.35. The van der Waals surface area contributed by atoms with E-state index in [2.05, 4.69) is 61.2 Å². The molecule has 2 N–H and O–H groups in total. The number of para-hydroxylation sites is 1. The zero-order valence-electron chi connectivity index (χ0n) is 15.4. The van der Waals surface area contributed by atoms with Crippen molar-refractivity contribution in [3.05, 3.63) is 36.0 Å². The van der Waals surface area contributed by atoms with Crippen LogP contribution in [0.25, 0.3) is 10.9 Å². The van der Waals surface area contributed by atoms with Gasteiger partial charge in [0.1, 0.15) is 0 Å². The van der Waals surface area contributed by atoms with Gasteiger partial charge < -0.3 is 15.2 Å². The van der Waals surface area contributed by atoms with Crippen LogP contribution in [0.2, 0.25) is 0 Å². The molecule has 0 saturated carbocycles. The number of hydrogen-bond acceptors (Lipinski definition) is 2. The van der Waals surface area contributed by atoms with E-state index in [1.165, 1.54) is 10.9 Å². The molecule has 0 atom stereocenters. The summed E-state index contributed by atoms with van der Waals surface area (Å²) >= 11 is 0. The van der Waals surface area contributed by atoms with Crippen LogP contribution in [0.3, 0.4) is 0 Å². The summed E-state index contributed by atoms with van der Waals surface area (Å²) in [4.78, 5) is 12.6. The molecule has 1 saturated heterocycles. The van der Waals surface area contributed by atoms with E-state index in [1.54, 1.807) is 0 Å². The van der Waals surface area contributed by atoms with Gasteiger partial charge in [0.25, 0.3) is 0 Å². The maximum Gasteiger partial charge on any atom is 0.224 e. The van der Waals surface area contributed by atoms with E-state index < -0.39 is 0 Å². The lowest BCUT2D eigenvalue weighted by atomic mass is 9.79. The second kappa shape index (κ2) is 5.92. The van der Waals surface area contributed by atoms with Crippen LogP contribution in [0.5, 0.6) is 0 Å². The molecule has 1 aromatic carbocycles. The Morgan fingerprint density at radius 2 is 1.83 bits per heavy atom. The predicted octanol–water partition coefficient (Wildman–Crippen LogP) is 3.15. The molecule has 130 valence electrons. The van der Waals surface area contributed by atoms with Crippen LogP contribution < -0.4 is 10.6 Å². The lowest BCUT2D eigenvalue weighted by molar-refractivity contribution is -0.121. The number of hydrogen-bond donors (Lipinski definition) is 2. The van der Waals surface area contributed by atoms with E-state index in [0.29, 0.717) is 6.42 Å². The number of piperidine rings is 1. The minimum atomic E-state index is 0.0408. The van der Waals surface area contributed by atoms with E-state index in [0.717, 1.165) is 18.4 Å². The summed E-state index contributed by atoms with van der Waals surface area (Å²) in [5, 5.41) is 8.09. The Morgan fingerprint density at radius 3 is 2.50 bits per heavy atom. The number of carbonyl (C=O) groups is 1. The van der Waals surface area contributed by atoms with E-state index in [1.807, 2.05) is 19.2 Å². The van der Waals surface area contributed by atoms with Gasteiger partial charge in [-0.15, -0.1) is 0 Å². The van der Waals surface area contributed by atoms with Crippen molar-refractivity contribution in [2.75, 3.05) is 0 Å². The van der Waals surface area contributed by atoms with Gasteiger partial charge in [0.05, 0.1) is 6.42 Å². The average Bonchev–Trinajstić information content (AvgIpc) is 2.72. The monoisotopic (exact) mass is 327 g/mol. The maximum atomic E-state index is 12.6. The number of rotatable bonds is 3. The molecule has 1 aliphatic rings. The summed E-state index contributed by atoms with van der Waals surface area (Å²) in [5.74, 6) is 0.116. The fraction of sp³-hybridized carbons (Fsp3) is 0.550. The molecular formula is C20H29N3O. The van der Waals surface area contributed by atoms with Crippen molar-refractivity contribution < 1.29 is 4.79 Å². The molecule has 0 unspecified atom stereocenters. The molecule has 4 nitrogen and oxygen atoms in total. The molecule has 1 aliphatic heterocycles. The largest absolute Gasteiger partial charge is 0.353 e. The normalized spacial score (nSPS) is 20.2. The van der Waals surface area contributed by atoms with Gasteiger partial charge in [0, 0.05) is 41.3 Å². The Balaban J connectivity index is 1.71. The highest BCUT2D eigenvalue weighted by molar-refractivity contribution is 5.89. The Bertz CT molecular complexity index is 741. The molecule has 4 heteroatoms. The molecule has 3 rings (SSSR count). The minimum absolute atomic E-state index is 0.0408. The fourth-order valence-electron chi connectivity index (χ4n) is 4.44. The van der Waals surface area contributed by atoms with Gasteiger partial charge in [-0.25, -0.2) is 0 Å². The van der Waals surface area contributed by atoms with Crippen LogP contribution in [0.15, 0.2) is 30.5 Å². The molecule has 1 fully saturated rings. The number of nitrogens with zero attached hydrogens (tertiary/aromatic N) is 1. The van der Waals surface area contributed by atoms with Crippen molar-refractivity contribution in [1.29, 1.82) is 0 Å². The Hall–Kier alpha value is -1.81. The second-order valence-corrected chi connectivity index (χ2v) is 8.52. The summed E-state index contributed by atoms with van der Waals surface area (Å²) < 4.78 is 2.09. The first-order valence-electron chi connectivity index (χ1n) is 8.77. The van der Waals surface area contributed by atoms with E-state index in [-0.39, 0.29) is 23.0 Å². The van der Waals surface area contributed by atoms with Crippen molar-refractivity contribution in [3.63, 3.8) is 0 Å². The van der Waals surface area contributed by atoms with Crippen LogP contribution in [-0.4, -0.2) is 27.6 Å². The van der Waals surface area contributed by atoms with E-state index >= 15 is 0 Å². The zero-order chi connectivity index (χ0) is 17.5. The summed E-state index contributed by atoms with van der Waals surface area (Å²) in [6, 6.07) is 8.47. The number of aromatic nitrogens is 1. The number of aryl methyl sites for hydroxylation is 1. The first-order chi connectivity index (χ1) is 11.2. The molecule has 0 spiro atoms. The number of carbonyl (C=O) groups excluding carboxylic acids is 1. The first-order valence-corrected chi connectivity index (χ1v) is 8.77. The number of nitrogens with one attached hydrogen (secondary N) is 2. The van der Waals surface area contributed by atoms with Crippen LogP contribution >= 0.6 is 0 Å². The first kappa shape index (κ1) is 17.0. The van der Waals surface area contributed by atoms with Gasteiger partial charge in [0.2, 0.25) is 5.91 Å². The second-order valence-electron chi connectivity index (χ2n) is 8.52. The third-order valence-electron chi connectivity index (χ3n) is 4.89. The summed E-state index contributed by atoms with van der Waals surface area (Å²) in [6.45, 7) is 8.82. The summed E-state index contributed by atoms with van der Waals surface area (Å²) in [7, 11) is 2.03. The van der Waals surface area contributed by atoms with Gasteiger partial charge >= 0.3 is 0 Å². The minimum Gasteiger partial charge on any atom is -0.353 e. The van der Waals surface area contributed by atoms with Crippen molar-refractivity contribution in [1.82, 2.24) is 15.2 Å². The third kappa shape index (κ3) is 3.64. The molecule has 1 aromatic heterocycles. The molecule has 0 bridgehead atoms. The summed E-state index contributed by atoms with van der Waals surface area (Å²) in [6.07, 6.45) is 4.42.